The Labute approximate surface area is 138 Å². The molecule has 1 heterocycles. The van der Waals surface area contributed by atoms with Crippen LogP contribution in [-0.4, -0.2) is 5.91 Å². The van der Waals surface area contributed by atoms with E-state index in [2.05, 4.69) is 5.32 Å². The average Bonchev–Trinajstić information content (AvgIpc) is 3.01. The fourth-order valence-corrected chi connectivity index (χ4v) is 2.37. The van der Waals surface area contributed by atoms with Crippen LogP contribution in [0.5, 0.6) is 0 Å². The van der Waals surface area contributed by atoms with Gasteiger partial charge in [-0.25, -0.2) is 0 Å². The molecule has 1 aromatic heterocycles. The van der Waals surface area contributed by atoms with Crippen LogP contribution in [0.15, 0.2) is 59.0 Å². The number of furan rings is 1. The van der Waals surface area contributed by atoms with Crippen LogP contribution in [0, 0.1) is 6.92 Å². The Kier molecular flexibility index (Phi) is 4.08. The van der Waals surface area contributed by atoms with Gasteiger partial charge in [0.25, 0.3) is 5.91 Å². The number of aryl methyl sites for hydroxylation is 1. The third kappa shape index (κ3) is 3.38. The van der Waals surface area contributed by atoms with Crippen LogP contribution in [0.4, 0.5) is 11.4 Å². The highest BCUT2D eigenvalue weighted by atomic mass is 35.5. The first-order valence-electron chi connectivity index (χ1n) is 7.06. The van der Waals surface area contributed by atoms with E-state index in [0.717, 1.165) is 11.1 Å². The maximum atomic E-state index is 12.3. The molecule has 1 amide bonds. The van der Waals surface area contributed by atoms with E-state index in [4.69, 9.17) is 21.8 Å². The standard InChI is InChI=1S/C18H15ClN2O2/c1-11-10-14(20)6-7-15(11)21-18(22)17-9-8-16(23-17)12-2-4-13(19)5-3-12/h2-10H,20H2,1H3,(H,21,22). The second kappa shape index (κ2) is 6.18. The summed E-state index contributed by atoms with van der Waals surface area (Å²) in [5, 5.41) is 3.47. The smallest absolute Gasteiger partial charge is 0.291 e. The van der Waals surface area contributed by atoms with Crippen LogP contribution in [0.1, 0.15) is 16.1 Å². The molecule has 0 aliphatic heterocycles. The number of nitrogens with one attached hydrogen (secondary N) is 1. The van der Waals surface area contributed by atoms with Crippen molar-refractivity contribution in [2.75, 3.05) is 11.1 Å². The van der Waals surface area contributed by atoms with E-state index in [-0.39, 0.29) is 11.7 Å². The molecule has 3 aromatic rings. The summed E-state index contributed by atoms with van der Waals surface area (Å²) in [7, 11) is 0. The zero-order chi connectivity index (χ0) is 16.4. The average molecular weight is 327 g/mol. The summed E-state index contributed by atoms with van der Waals surface area (Å²) in [5.74, 6) is 0.546. The van der Waals surface area contributed by atoms with Crippen molar-refractivity contribution < 1.29 is 9.21 Å². The molecular weight excluding hydrogens is 312 g/mol. The van der Waals surface area contributed by atoms with Gasteiger partial charge in [0.1, 0.15) is 5.76 Å². The Bertz CT molecular complexity index is 854. The lowest BCUT2D eigenvalue weighted by Crippen LogP contribution is -2.11. The molecule has 0 bridgehead atoms. The van der Waals surface area contributed by atoms with E-state index >= 15 is 0 Å². The quantitative estimate of drug-likeness (QED) is 0.683. The predicted molar refractivity (Wildman–Crippen MR) is 92.7 cm³/mol. The van der Waals surface area contributed by atoms with Crippen molar-refractivity contribution in [2.24, 2.45) is 0 Å². The molecule has 0 saturated heterocycles. The van der Waals surface area contributed by atoms with Crippen molar-refractivity contribution in [1.82, 2.24) is 0 Å². The molecular formula is C18H15ClN2O2. The van der Waals surface area contributed by atoms with Crippen molar-refractivity contribution in [3.63, 3.8) is 0 Å². The topological polar surface area (TPSA) is 68.3 Å². The summed E-state index contributed by atoms with van der Waals surface area (Å²) in [6, 6.07) is 15.9. The molecule has 4 nitrogen and oxygen atoms in total. The molecule has 3 N–H and O–H groups in total. The lowest BCUT2D eigenvalue weighted by atomic mass is 10.2. The van der Waals surface area contributed by atoms with Crippen LogP contribution in [0.3, 0.4) is 0 Å². The number of benzene rings is 2. The number of carbonyl (C=O) groups is 1. The maximum absolute atomic E-state index is 12.3. The van der Waals surface area contributed by atoms with Crippen molar-refractivity contribution in [1.29, 1.82) is 0 Å². The number of carbonyl (C=O) groups excluding carboxylic acids is 1. The number of amides is 1. The largest absolute Gasteiger partial charge is 0.451 e. The maximum Gasteiger partial charge on any atom is 0.291 e. The highest BCUT2D eigenvalue weighted by Crippen LogP contribution is 2.25. The predicted octanol–water partition coefficient (Wildman–Crippen LogP) is 4.74. The Morgan fingerprint density at radius 1 is 1.09 bits per heavy atom. The van der Waals surface area contributed by atoms with Gasteiger partial charge >= 0.3 is 0 Å². The number of nitrogens with two attached hydrogens (primary N) is 1. The van der Waals surface area contributed by atoms with Crippen LogP contribution in [-0.2, 0) is 0 Å². The van der Waals surface area contributed by atoms with Gasteiger partial charge in [0, 0.05) is 22.0 Å². The number of halogens is 1. The zero-order valence-electron chi connectivity index (χ0n) is 12.5. The third-order valence-electron chi connectivity index (χ3n) is 3.46. The van der Waals surface area contributed by atoms with Crippen molar-refractivity contribution >= 4 is 28.9 Å². The van der Waals surface area contributed by atoms with Gasteiger partial charge < -0.3 is 15.5 Å². The van der Waals surface area contributed by atoms with Crippen LogP contribution in [0.25, 0.3) is 11.3 Å². The van der Waals surface area contributed by atoms with Gasteiger partial charge in [-0.05, 0) is 67.1 Å². The Hall–Kier alpha value is -2.72. The van der Waals surface area contributed by atoms with E-state index in [1.54, 1.807) is 42.5 Å². The molecule has 0 radical (unpaired) electrons. The lowest BCUT2D eigenvalue weighted by molar-refractivity contribution is 0.0997. The Morgan fingerprint density at radius 3 is 2.52 bits per heavy atom. The van der Waals surface area contributed by atoms with Crippen molar-refractivity contribution in [2.45, 2.75) is 6.92 Å². The number of hydrogen-bond acceptors (Lipinski definition) is 3. The first kappa shape index (κ1) is 15.2. The van der Waals surface area contributed by atoms with Crippen LogP contribution < -0.4 is 11.1 Å². The molecule has 2 aromatic carbocycles. The lowest BCUT2D eigenvalue weighted by Gasteiger charge is -2.07. The van der Waals surface area contributed by atoms with Gasteiger partial charge in [-0.1, -0.05) is 11.6 Å². The van der Waals surface area contributed by atoms with E-state index in [0.29, 0.717) is 22.2 Å². The third-order valence-corrected chi connectivity index (χ3v) is 3.71. The highest BCUT2D eigenvalue weighted by molar-refractivity contribution is 6.30. The normalized spacial score (nSPS) is 10.5. The molecule has 116 valence electrons. The summed E-state index contributed by atoms with van der Waals surface area (Å²) in [5.41, 5.74) is 8.82. The Morgan fingerprint density at radius 2 is 1.83 bits per heavy atom. The van der Waals surface area contributed by atoms with Gasteiger partial charge in [-0.2, -0.15) is 0 Å². The second-order valence-electron chi connectivity index (χ2n) is 5.20. The van der Waals surface area contributed by atoms with Crippen LogP contribution >= 0.6 is 11.6 Å². The fourth-order valence-electron chi connectivity index (χ4n) is 2.24. The molecule has 0 fully saturated rings. The van der Waals surface area contributed by atoms with E-state index in [9.17, 15) is 4.79 Å². The minimum atomic E-state index is -0.307. The number of nitrogen functional groups attached to an aromatic ring is 1. The molecule has 0 aliphatic rings. The summed E-state index contributed by atoms with van der Waals surface area (Å²) >= 11 is 5.87. The Balaban J connectivity index is 1.79. The summed E-state index contributed by atoms with van der Waals surface area (Å²) in [4.78, 5) is 12.3. The fraction of sp³-hybridized carbons (Fsp3) is 0.0556. The molecule has 0 atom stereocenters. The number of rotatable bonds is 3. The van der Waals surface area contributed by atoms with E-state index < -0.39 is 0 Å². The van der Waals surface area contributed by atoms with Crippen LogP contribution in [0.2, 0.25) is 5.02 Å². The summed E-state index contributed by atoms with van der Waals surface area (Å²) in [6.07, 6.45) is 0. The first-order valence-corrected chi connectivity index (χ1v) is 7.44. The highest BCUT2D eigenvalue weighted by Gasteiger charge is 2.13. The second-order valence-corrected chi connectivity index (χ2v) is 5.64. The summed E-state index contributed by atoms with van der Waals surface area (Å²) in [6.45, 7) is 1.88. The molecule has 0 spiro atoms. The first-order chi connectivity index (χ1) is 11.0. The summed E-state index contributed by atoms with van der Waals surface area (Å²) < 4.78 is 5.63. The molecule has 5 heteroatoms. The van der Waals surface area contributed by atoms with Gasteiger partial charge in [0.15, 0.2) is 5.76 Å². The number of hydrogen-bond donors (Lipinski definition) is 2. The minimum absolute atomic E-state index is 0.242. The monoisotopic (exact) mass is 326 g/mol. The zero-order valence-corrected chi connectivity index (χ0v) is 13.2. The molecule has 0 unspecified atom stereocenters. The molecule has 0 saturated carbocycles. The van der Waals surface area contributed by atoms with Crippen molar-refractivity contribution in [3.8, 4) is 11.3 Å². The van der Waals surface area contributed by atoms with Gasteiger partial charge in [-0.3, -0.25) is 4.79 Å². The molecule has 23 heavy (non-hydrogen) atoms. The minimum Gasteiger partial charge on any atom is -0.451 e. The van der Waals surface area contributed by atoms with Gasteiger partial charge in [-0.15, -0.1) is 0 Å². The number of anilines is 2. The SMILES string of the molecule is Cc1cc(N)ccc1NC(=O)c1ccc(-c2ccc(Cl)cc2)o1. The molecule has 3 rings (SSSR count). The van der Waals surface area contributed by atoms with Gasteiger partial charge in [0.05, 0.1) is 0 Å². The molecule has 0 aliphatic carbocycles. The van der Waals surface area contributed by atoms with Crippen molar-refractivity contribution in [3.05, 3.63) is 70.9 Å². The van der Waals surface area contributed by atoms with E-state index in [1.807, 2.05) is 19.1 Å². The van der Waals surface area contributed by atoms with E-state index in [1.165, 1.54) is 0 Å². The van der Waals surface area contributed by atoms with Gasteiger partial charge in [0.2, 0.25) is 0 Å².